The minimum atomic E-state index is -3.55. The predicted molar refractivity (Wildman–Crippen MR) is 65.3 cm³/mol. The molecule has 2 aromatic heterocycles. The summed E-state index contributed by atoms with van der Waals surface area (Å²) >= 11 is 0. The molecule has 0 amide bonds. The molecule has 0 aliphatic carbocycles. The molecule has 2 N–H and O–H groups in total. The molecule has 18 heavy (non-hydrogen) atoms. The van der Waals surface area contributed by atoms with E-state index in [1.165, 1.54) is 0 Å². The summed E-state index contributed by atoms with van der Waals surface area (Å²) in [7, 11) is -1.77. The lowest BCUT2D eigenvalue weighted by molar-refractivity contribution is 0.580. The fourth-order valence-electron chi connectivity index (χ4n) is 1.75. The van der Waals surface area contributed by atoms with E-state index in [4.69, 9.17) is 0 Å². The molecule has 8 heteroatoms. The molecule has 2 heterocycles. The Morgan fingerprint density at radius 2 is 2.17 bits per heavy atom. The summed E-state index contributed by atoms with van der Waals surface area (Å²) in [6.45, 7) is 3.54. The molecule has 2 rings (SSSR count). The zero-order chi connectivity index (χ0) is 13.3. The van der Waals surface area contributed by atoms with E-state index in [-0.39, 0.29) is 11.4 Å². The van der Waals surface area contributed by atoms with Crippen LogP contribution in [-0.4, -0.2) is 28.4 Å². The summed E-state index contributed by atoms with van der Waals surface area (Å²) in [5, 5.41) is 10.5. The van der Waals surface area contributed by atoms with Gasteiger partial charge in [-0.1, -0.05) is 0 Å². The zero-order valence-electron chi connectivity index (χ0n) is 10.4. The fourth-order valence-corrected chi connectivity index (χ4v) is 3.13. The average molecular weight is 269 g/mol. The third-order valence-corrected chi connectivity index (χ3v) is 4.22. The van der Waals surface area contributed by atoms with Crippen LogP contribution in [0.25, 0.3) is 0 Å². The molecular weight excluding hydrogens is 254 g/mol. The van der Waals surface area contributed by atoms with Gasteiger partial charge in [0, 0.05) is 25.4 Å². The van der Waals surface area contributed by atoms with Crippen LogP contribution in [0.1, 0.15) is 17.0 Å². The summed E-state index contributed by atoms with van der Waals surface area (Å²) in [6.07, 6.45) is 3.38. The quantitative estimate of drug-likeness (QED) is 0.831. The SMILES string of the molecule is Cc1n[nH]c(C)c1S(=O)(=O)NCc1cnn(C)c1. The van der Waals surface area contributed by atoms with Gasteiger partial charge in [-0.05, 0) is 13.8 Å². The number of nitrogens with zero attached hydrogens (tertiary/aromatic N) is 3. The summed E-state index contributed by atoms with van der Waals surface area (Å²) in [5.41, 5.74) is 1.80. The molecule has 2 aromatic rings. The molecule has 0 radical (unpaired) electrons. The first kappa shape index (κ1) is 12.8. The van der Waals surface area contributed by atoms with E-state index in [2.05, 4.69) is 20.0 Å². The van der Waals surface area contributed by atoms with Crippen molar-refractivity contribution in [3.8, 4) is 0 Å². The lowest BCUT2D eigenvalue weighted by Crippen LogP contribution is -2.24. The van der Waals surface area contributed by atoms with Crippen LogP contribution in [-0.2, 0) is 23.6 Å². The highest BCUT2D eigenvalue weighted by Gasteiger charge is 2.21. The van der Waals surface area contributed by atoms with Crippen molar-refractivity contribution in [3.63, 3.8) is 0 Å². The van der Waals surface area contributed by atoms with Crippen molar-refractivity contribution in [2.45, 2.75) is 25.3 Å². The van der Waals surface area contributed by atoms with Crippen molar-refractivity contribution in [3.05, 3.63) is 29.3 Å². The number of nitrogens with one attached hydrogen (secondary N) is 2. The first-order valence-corrected chi connectivity index (χ1v) is 6.87. The molecule has 0 aromatic carbocycles. The van der Waals surface area contributed by atoms with Crippen molar-refractivity contribution >= 4 is 10.0 Å². The maximum absolute atomic E-state index is 12.1. The van der Waals surface area contributed by atoms with E-state index in [1.54, 1.807) is 38.0 Å². The third-order valence-electron chi connectivity index (χ3n) is 2.55. The molecule has 98 valence electrons. The monoisotopic (exact) mass is 269 g/mol. The number of aromatic nitrogens is 4. The molecule has 0 bridgehead atoms. The number of H-pyrrole nitrogens is 1. The maximum atomic E-state index is 12.1. The van der Waals surface area contributed by atoms with E-state index in [9.17, 15) is 8.42 Å². The second-order valence-corrected chi connectivity index (χ2v) is 5.81. The Labute approximate surface area is 105 Å². The highest BCUT2D eigenvalue weighted by molar-refractivity contribution is 7.89. The van der Waals surface area contributed by atoms with Crippen LogP contribution in [0.2, 0.25) is 0 Å². The van der Waals surface area contributed by atoms with Crippen LogP contribution in [0.15, 0.2) is 17.3 Å². The molecule has 0 aliphatic heterocycles. The maximum Gasteiger partial charge on any atom is 0.244 e. The average Bonchev–Trinajstić information content (AvgIpc) is 2.83. The Morgan fingerprint density at radius 3 is 2.67 bits per heavy atom. The molecule has 7 nitrogen and oxygen atoms in total. The molecular formula is C10H15N5O2S. The van der Waals surface area contributed by atoms with E-state index >= 15 is 0 Å². The lowest BCUT2D eigenvalue weighted by Gasteiger charge is -2.05. The zero-order valence-corrected chi connectivity index (χ0v) is 11.2. The molecule has 0 fully saturated rings. The number of sulfonamides is 1. The number of hydrogen-bond acceptors (Lipinski definition) is 4. The van der Waals surface area contributed by atoms with Gasteiger partial charge in [-0.2, -0.15) is 10.2 Å². The summed E-state index contributed by atoms with van der Waals surface area (Å²) < 4.78 is 28.4. The van der Waals surface area contributed by atoms with Crippen molar-refractivity contribution in [1.29, 1.82) is 0 Å². The molecule has 0 saturated carbocycles. The van der Waals surface area contributed by atoms with Gasteiger partial charge in [0.2, 0.25) is 10.0 Å². The highest BCUT2D eigenvalue weighted by atomic mass is 32.2. The van der Waals surface area contributed by atoms with Crippen LogP contribution in [0.4, 0.5) is 0 Å². The van der Waals surface area contributed by atoms with Gasteiger partial charge in [0.15, 0.2) is 0 Å². The normalized spacial score (nSPS) is 11.9. The van der Waals surface area contributed by atoms with E-state index in [0.29, 0.717) is 11.4 Å². The first-order valence-electron chi connectivity index (χ1n) is 5.39. The van der Waals surface area contributed by atoms with Gasteiger partial charge in [0.1, 0.15) is 4.90 Å². The van der Waals surface area contributed by atoms with Gasteiger partial charge in [-0.15, -0.1) is 0 Å². The van der Waals surface area contributed by atoms with Crippen LogP contribution >= 0.6 is 0 Å². The van der Waals surface area contributed by atoms with E-state index in [1.807, 2.05) is 0 Å². The first-order chi connectivity index (χ1) is 8.40. The molecule has 0 saturated heterocycles. The topological polar surface area (TPSA) is 92.7 Å². The smallest absolute Gasteiger partial charge is 0.244 e. The fraction of sp³-hybridized carbons (Fsp3) is 0.400. The van der Waals surface area contributed by atoms with Gasteiger partial charge in [0.25, 0.3) is 0 Å². The summed E-state index contributed by atoms with van der Waals surface area (Å²) in [5.74, 6) is 0. The second kappa shape index (κ2) is 4.54. The molecule has 0 aliphatic rings. The van der Waals surface area contributed by atoms with Crippen molar-refractivity contribution < 1.29 is 8.42 Å². The minimum absolute atomic E-state index is 0.209. The lowest BCUT2D eigenvalue weighted by atomic mass is 10.4. The Morgan fingerprint density at radius 1 is 1.44 bits per heavy atom. The Bertz CT molecular complexity index is 636. The van der Waals surface area contributed by atoms with E-state index in [0.717, 1.165) is 5.56 Å². The highest BCUT2D eigenvalue weighted by Crippen LogP contribution is 2.16. The van der Waals surface area contributed by atoms with Crippen LogP contribution in [0.5, 0.6) is 0 Å². The van der Waals surface area contributed by atoms with Crippen LogP contribution < -0.4 is 4.72 Å². The second-order valence-electron chi connectivity index (χ2n) is 4.11. The van der Waals surface area contributed by atoms with Crippen molar-refractivity contribution in [2.24, 2.45) is 7.05 Å². The summed E-state index contributed by atoms with van der Waals surface area (Å²) in [4.78, 5) is 0.214. The number of aromatic amines is 1. The molecule has 0 unspecified atom stereocenters. The molecule has 0 spiro atoms. The number of rotatable bonds is 4. The standard InChI is InChI=1S/C10H15N5O2S/c1-7-10(8(2)14-13-7)18(16,17)12-5-9-4-11-15(3)6-9/h4,6,12H,5H2,1-3H3,(H,13,14). The number of aryl methyl sites for hydroxylation is 3. The Hall–Kier alpha value is -1.67. The van der Waals surface area contributed by atoms with Gasteiger partial charge in [0.05, 0.1) is 17.6 Å². The van der Waals surface area contributed by atoms with Gasteiger partial charge in [-0.3, -0.25) is 9.78 Å². The number of hydrogen-bond donors (Lipinski definition) is 2. The Kier molecular flexibility index (Phi) is 3.22. The largest absolute Gasteiger partial charge is 0.281 e. The third kappa shape index (κ3) is 2.44. The van der Waals surface area contributed by atoms with Gasteiger partial charge >= 0.3 is 0 Å². The Balaban J connectivity index is 2.18. The summed E-state index contributed by atoms with van der Waals surface area (Å²) in [6, 6.07) is 0. The van der Waals surface area contributed by atoms with Crippen molar-refractivity contribution in [2.75, 3.05) is 0 Å². The van der Waals surface area contributed by atoms with Crippen LogP contribution in [0.3, 0.4) is 0 Å². The van der Waals surface area contributed by atoms with Gasteiger partial charge in [-0.25, -0.2) is 13.1 Å². The van der Waals surface area contributed by atoms with Gasteiger partial charge < -0.3 is 0 Å². The van der Waals surface area contributed by atoms with E-state index < -0.39 is 10.0 Å². The minimum Gasteiger partial charge on any atom is -0.281 e. The van der Waals surface area contributed by atoms with Crippen molar-refractivity contribution in [1.82, 2.24) is 24.7 Å². The van der Waals surface area contributed by atoms with Crippen LogP contribution in [0, 0.1) is 13.8 Å². The predicted octanol–water partition coefficient (Wildman–Crippen LogP) is 0.239. The molecule has 0 atom stereocenters.